The number of nitrogens with one attached hydrogen (secondary N) is 1. The molecule has 2 amide bonds. The van der Waals surface area contributed by atoms with E-state index in [1.165, 1.54) is 17.4 Å². The molecule has 0 bridgehead atoms. The minimum atomic E-state index is -1.58. The number of thiophene rings is 1. The summed E-state index contributed by atoms with van der Waals surface area (Å²) < 4.78 is 6.77. The molecule has 7 N–H and O–H groups in total. The number of likely N-dealkylation sites (tertiary alicyclic amines) is 1. The van der Waals surface area contributed by atoms with Crippen molar-refractivity contribution in [2.45, 2.75) is 37.9 Å². The first-order chi connectivity index (χ1) is 20.6. The van der Waals surface area contributed by atoms with Gasteiger partial charge in [0.25, 0.3) is 5.91 Å². The topological polar surface area (TPSA) is 154 Å². The fraction of sp³-hybridized carbons (Fsp3) is 0.242. The highest BCUT2D eigenvalue weighted by Crippen LogP contribution is 2.50. The van der Waals surface area contributed by atoms with E-state index in [0.29, 0.717) is 68.4 Å². The van der Waals surface area contributed by atoms with Gasteiger partial charge in [-0.25, -0.2) is 0 Å². The van der Waals surface area contributed by atoms with Crippen molar-refractivity contribution in [3.8, 4) is 11.5 Å². The molecule has 1 aliphatic heterocycles. The van der Waals surface area contributed by atoms with Crippen LogP contribution < -0.4 is 27.3 Å². The van der Waals surface area contributed by atoms with Gasteiger partial charge in [0.05, 0.1) is 15.6 Å². The van der Waals surface area contributed by atoms with Gasteiger partial charge >= 0.3 is 0 Å². The van der Waals surface area contributed by atoms with Gasteiger partial charge in [-0.3, -0.25) is 14.4 Å². The Morgan fingerprint density at radius 1 is 1.09 bits per heavy atom. The molecule has 2 aliphatic rings. The number of ketones is 1. The van der Waals surface area contributed by atoms with E-state index in [2.05, 4.69) is 11.9 Å². The molecule has 6 rings (SSSR count). The molecular formula is C33H33N5O4S. The smallest absolute Gasteiger partial charge is 0.262 e. The van der Waals surface area contributed by atoms with Gasteiger partial charge in [-0.15, -0.1) is 11.3 Å². The highest BCUT2D eigenvalue weighted by atomic mass is 32.1. The number of Topliss-reactive ketones (excluding diaryl/α,β-unsaturated/α-hetero) is 1. The number of amides is 2. The van der Waals surface area contributed by atoms with Gasteiger partial charge < -0.3 is 32.2 Å². The fourth-order valence-electron chi connectivity index (χ4n) is 6.24. The van der Waals surface area contributed by atoms with Gasteiger partial charge in [-0.2, -0.15) is 0 Å². The lowest BCUT2D eigenvalue weighted by Crippen LogP contribution is -2.53. The molecule has 4 aromatic rings. The first-order valence-electron chi connectivity index (χ1n) is 14.1. The van der Waals surface area contributed by atoms with Crippen LogP contribution in [0.25, 0.3) is 10.1 Å². The molecule has 1 fully saturated rings. The van der Waals surface area contributed by atoms with Crippen LogP contribution in [0.2, 0.25) is 0 Å². The zero-order valence-electron chi connectivity index (χ0n) is 24.0. The second-order valence-corrected chi connectivity index (χ2v) is 12.1. The Balaban J connectivity index is 1.42. The van der Waals surface area contributed by atoms with Crippen LogP contribution in [0.1, 0.15) is 50.0 Å². The fourth-order valence-corrected chi connectivity index (χ4v) is 7.44. The predicted octanol–water partition coefficient (Wildman–Crippen LogP) is 4.19. The summed E-state index contributed by atoms with van der Waals surface area (Å²) in [4.78, 5) is 41.9. The number of anilines is 1. The Kier molecular flexibility index (Phi) is 7.08. The zero-order chi connectivity index (χ0) is 30.6. The Morgan fingerprint density at radius 2 is 1.81 bits per heavy atom. The van der Waals surface area contributed by atoms with E-state index in [-0.39, 0.29) is 17.9 Å². The van der Waals surface area contributed by atoms with E-state index in [1.54, 1.807) is 17.0 Å². The second kappa shape index (κ2) is 10.6. The molecule has 9 nitrogen and oxygen atoms in total. The molecule has 3 unspecified atom stereocenters. The van der Waals surface area contributed by atoms with E-state index in [1.807, 2.05) is 56.3 Å². The average Bonchev–Trinajstić information content (AvgIpc) is 3.64. The minimum absolute atomic E-state index is 0.178. The molecule has 0 spiro atoms. The number of nitrogens with zero attached hydrogens (tertiary/aromatic N) is 1. The number of ether oxygens (including phenoxy) is 1. The molecule has 10 heteroatoms. The van der Waals surface area contributed by atoms with Crippen LogP contribution >= 0.6 is 11.3 Å². The van der Waals surface area contributed by atoms with Crippen molar-refractivity contribution in [2.24, 2.45) is 11.5 Å². The van der Waals surface area contributed by atoms with Crippen LogP contribution in [0, 0.1) is 13.8 Å². The summed E-state index contributed by atoms with van der Waals surface area (Å²) in [6.45, 7) is 8.28. The number of nitrogen functional groups attached to an aromatic ring is 1. The monoisotopic (exact) mass is 595 g/mol. The summed E-state index contributed by atoms with van der Waals surface area (Å²) in [5.74, 6) is 0.398. The Bertz CT molecular complexity index is 1820. The van der Waals surface area contributed by atoms with Crippen LogP contribution in [0.3, 0.4) is 0 Å². The van der Waals surface area contributed by atoms with Crippen molar-refractivity contribution < 1.29 is 19.1 Å². The minimum Gasteiger partial charge on any atom is -0.457 e. The van der Waals surface area contributed by atoms with Crippen LogP contribution in [-0.2, 0) is 15.1 Å². The maximum absolute atomic E-state index is 14.2. The lowest BCUT2D eigenvalue weighted by molar-refractivity contribution is -0.125. The van der Waals surface area contributed by atoms with E-state index < -0.39 is 17.4 Å². The van der Waals surface area contributed by atoms with Crippen molar-refractivity contribution in [3.05, 3.63) is 99.9 Å². The van der Waals surface area contributed by atoms with Gasteiger partial charge in [0.2, 0.25) is 5.91 Å². The summed E-state index contributed by atoms with van der Waals surface area (Å²) >= 11 is 1.20. The molecule has 0 saturated carbocycles. The van der Waals surface area contributed by atoms with Gasteiger partial charge in [-0.1, -0.05) is 36.9 Å². The summed E-state index contributed by atoms with van der Waals surface area (Å²) in [5.41, 5.74) is 22.3. The van der Waals surface area contributed by atoms with Crippen LogP contribution in [0.4, 0.5) is 5.69 Å². The van der Waals surface area contributed by atoms with Crippen molar-refractivity contribution in [1.29, 1.82) is 0 Å². The van der Waals surface area contributed by atoms with Gasteiger partial charge in [-0.05, 0) is 72.9 Å². The SMILES string of the molecule is C=CC(=O)N1CCC(NC(=O)c2sc3c(N)ccc4c3c2C(N)C(=O)C4(N)c2ccc(Oc3ccccc3)c(C)c2C)C1. The van der Waals surface area contributed by atoms with Crippen molar-refractivity contribution in [3.63, 3.8) is 0 Å². The summed E-state index contributed by atoms with van der Waals surface area (Å²) in [6, 6.07) is 15.2. The van der Waals surface area contributed by atoms with Gasteiger partial charge in [0, 0.05) is 35.8 Å². The average molecular weight is 596 g/mol. The van der Waals surface area contributed by atoms with E-state index in [0.717, 1.165) is 11.1 Å². The molecule has 220 valence electrons. The third kappa shape index (κ3) is 4.50. The Labute approximate surface area is 253 Å². The molecule has 0 radical (unpaired) electrons. The molecular weight excluding hydrogens is 562 g/mol. The van der Waals surface area contributed by atoms with Crippen LogP contribution in [0.15, 0.2) is 67.3 Å². The largest absolute Gasteiger partial charge is 0.457 e. The molecule has 1 aromatic heterocycles. The number of carbonyl (C=O) groups is 3. The number of carbonyl (C=O) groups excluding carboxylic acids is 3. The zero-order valence-corrected chi connectivity index (χ0v) is 24.8. The molecule has 1 saturated heterocycles. The Morgan fingerprint density at radius 3 is 2.53 bits per heavy atom. The molecule has 3 aromatic carbocycles. The quantitative estimate of drug-likeness (QED) is 0.193. The number of hydrogen-bond acceptors (Lipinski definition) is 8. The normalized spacial score (nSPS) is 21.2. The first kappa shape index (κ1) is 28.6. The highest BCUT2D eigenvalue weighted by Gasteiger charge is 2.49. The van der Waals surface area contributed by atoms with Crippen LogP contribution in [-0.4, -0.2) is 41.6 Å². The molecule has 3 atom stereocenters. The number of benzene rings is 3. The standard InChI is InChI=1S/C33H33N5O4S/c1-4-25(39)38-15-14-19(16-38)37-32(41)30-27-26-22(10-12-23(34)29(26)43-30)33(36,31(40)28(27)35)21-11-13-24(18(3)17(21)2)42-20-8-6-5-7-9-20/h4-13,19,28H,1,14-16,34-36H2,2-3H3,(H,37,41). The third-order valence-electron chi connectivity index (χ3n) is 8.66. The first-order valence-corrected chi connectivity index (χ1v) is 14.9. The molecule has 1 aliphatic carbocycles. The maximum Gasteiger partial charge on any atom is 0.262 e. The third-order valence-corrected chi connectivity index (χ3v) is 9.92. The number of rotatable bonds is 6. The van der Waals surface area contributed by atoms with E-state index in [4.69, 9.17) is 21.9 Å². The lowest BCUT2D eigenvalue weighted by Gasteiger charge is -2.38. The number of hydrogen-bond donors (Lipinski definition) is 4. The van der Waals surface area contributed by atoms with Gasteiger partial charge in [0.1, 0.15) is 17.0 Å². The highest BCUT2D eigenvalue weighted by molar-refractivity contribution is 7.21. The molecule has 2 heterocycles. The maximum atomic E-state index is 14.2. The predicted molar refractivity (Wildman–Crippen MR) is 168 cm³/mol. The summed E-state index contributed by atoms with van der Waals surface area (Å²) in [7, 11) is 0. The van der Waals surface area contributed by atoms with E-state index >= 15 is 0 Å². The van der Waals surface area contributed by atoms with Crippen molar-refractivity contribution in [2.75, 3.05) is 18.8 Å². The molecule has 43 heavy (non-hydrogen) atoms. The van der Waals surface area contributed by atoms with E-state index in [9.17, 15) is 14.4 Å². The van der Waals surface area contributed by atoms with Crippen molar-refractivity contribution >= 4 is 44.7 Å². The number of nitrogens with two attached hydrogens (primary N) is 3. The van der Waals surface area contributed by atoms with Crippen molar-refractivity contribution in [1.82, 2.24) is 10.2 Å². The Hall–Kier alpha value is -4.51. The van der Waals surface area contributed by atoms with Gasteiger partial charge in [0.15, 0.2) is 5.78 Å². The van der Waals surface area contributed by atoms with Crippen LogP contribution in [0.5, 0.6) is 11.5 Å². The summed E-state index contributed by atoms with van der Waals surface area (Å²) in [6.07, 6.45) is 1.87. The lowest BCUT2D eigenvalue weighted by atomic mass is 9.69. The second-order valence-electron chi connectivity index (χ2n) is 11.1. The number of para-hydroxylation sites is 1. The summed E-state index contributed by atoms with van der Waals surface area (Å²) in [5, 5.41) is 3.66.